The molecule has 1 aliphatic rings. The molecule has 0 radical (unpaired) electrons. The molecule has 27 heavy (non-hydrogen) atoms. The predicted molar refractivity (Wildman–Crippen MR) is 99.8 cm³/mol. The lowest BCUT2D eigenvalue weighted by molar-refractivity contribution is 0.510. The van der Waals surface area contributed by atoms with Crippen LogP contribution in [0.3, 0.4) is 0 Å². The summed E-state index contributed by atoms with van der Waals surface area (Å²) in [6.45, 7) is 1.43. The summed E-state index contributed by atoms with van der Waals surface area (Å²) in [5.74, 6) is -1.55. The summed E-state index contributed by atoms with van der Waals surface area (Å²) in [7, 11) is -3.39. The maximum atomic E-state index is 13.7. The minimum absolute atomic E-state index is 0.0610. The Bertz CT molecular complexity index is 1040. The second-order valence-electron chi connectivity index (χ2n) is 6.36. The monoisotopic (exact) mass is 397 g/mol. The van der Waals surface area contributed by atoms with E-state index in [0.29, 0.717) is 22.4 Å². The molecule has 0 spiro atoms. The highest BCUT2D eigenvalue weighted by molar-refractivity contribution is 7.89. The van der Waals surface area contributed by atoms with Crippen molar-refractivity contribution in [2.45, 2.75) is 25.8 Å². The Labute approximate surface area is 155 Å². The number of nitrogens with zero attached hydrogens (tertiary/aromatic N) is 2. The third-order valence-electron chi connectivity index (χ3n) is 4.30. The van der Waals surface area contributed by atoms with Crippen LogP contribution in [0.1, 0.15) is 31.6 Å². The molecule has 1 heterocycles. The van der Waals surface area contributed by atoms with Crippen LogP contribution in [0.25, 0.3) is 16.6 Å². The quantitative estimate of drug-likeness (QED) is 0.616. The molecule has 1 fully saturated rings. The second-order valence-corrected chi connectivity index (χ2v) is 8.45. The van der Waals surface area contributed by atoms with Gasteiger partial charge in [-0.25, -0.2) is 26.9 Å². The number of sulfonamides is 1. The van der Waals surface area contributed by atoms with Crippen molar-refractivity contribution in [3.8, 4) is 0 Å². The Morgan fingerprint density at radius 1 is 1.37 bits per heavy atom. The van der Waals surface area contributed by atoms with E-state index in [9.17, 15) is 17.2 Å². The molecule has 0 atom stereocenters. The molecule has 0 amide bonds. The van der Waals surface area contributed by atoms with E-state index in [4.69, 9.17) is 11.5 Å². The highest BCUT2D eigenvalue weighted by Gasteiger charge is 2.29. The molecule has 0 aliphatic heterocycles. The summed E-state index contributed by atoms with van der Waals surface area (Å²) in [5.41, 5.74) is 13.1. The first-order chi connectivity index (χ1) is 12.8. The van der Waals surface area contributed by atoms with Gasteiger partial charge in [0.2, 0.25) is 10.0 Å². The van der Waals surface area contributed by atoms with E-state index in [1.807, 2.05) is 4.57 Å². The molecule has 2 aromatic rings. The number of halogens is 2. The molecule has 146 valence electrons. The molecule has 0 unspecified atom stereocenters. The van der Waals surface area contributed by atoms with E-state index in [2.05, 4.69) is 9.71 Å². The zero-order chi connectivity index (χ0) is 19.8. The number of imidazole rings is 1. The molecule has 0 saturated heterocycles. The van der Waals surface area contributed by atoms with E-state index >= 15 is 0 Å². The third-order valence-corrected chi connectivity index (χ3v) is 5.64. The van der Waals surface area contributed by atoms with Crippen molar-refractivity contribution < 1.29 is 17.2 Å². The zero-order valence-electron chi connectivity index (χ0n) is 14.7. The topological polar surface area (TPSA) is 116 Å². The first-order valence-electron chi connectivity index (χ1n) is 8.48. The predicted octanol–water partition coefficient (Wildman–Crippen LogP) is 1.73. The van der Waals surface area contributed by atoms with Crippen molar-refractivity contribution in [1.82, 2.24) is 14.3 Å². The summed E-state index contributed by atoms with van der Waals surface area (Å²) in [5, 5.41) is 0. The number of allylic oxidation sites excluding steroid dienone is 2. The molecule has 1 aromatic carbocycles. The Kier molecular flexibility index (Phi) is 5.20. The van der Waals surface area contributed by atoms with Gasteiger partial charge in [0.25, 0.3) is 0 Å². The molecular formula is C17H21F2N5O2S. The van der Waals surface area contributed by atoms with E-state index in [-0.39, 0.29) is 24.0 Å². The SMILES string of the molecule is CCS(=O)(=O)NC/C(N)=C/C(=C\N)c1nc2cc(F)c(F)cc2n1C1CC1. The Balaban J connectivity index is 1.99. The van der Waals surface area contributed by atoms with E-state index < -0.39 is 21.7 Å². The molecule has 1 aromatic heterocycles. The van der Waals surface area contributed by atoms with Crippen molar-refractivity contribution >= 4 is 26.6 Å². The van der Waals surface area contributed by atoms with Gasteiger partial charge in [-0.3, -0.25) is 0 Å². The number of hydrogen-bond acceptors (Lipinski definition) is 5. The number of nitrogens with one attached hydrogen (secondary N) is 1. The van der Waals surface area contributed by atoms with Crippen LogP contribution in [-0.4, -0.2) is 30.3 Å². The fourth-order valence-corrected chi connectivity index (χ4v) is 3.32. The number of rotatable bonds is 7. The van der Waals surface area contributed by atoms with Gasteiger partial charge >= 0.3 is 0 Å². The van der Waals surface area contributed by atoms with Gasteiger partial charge in [-0.2, -0.15) is 0 Å². The molecule has 10 heteroatoms. The number of fused-ring (bicyclic) bond motifs is 1. The van der Waals surface area contributed by atoms with Crippen LogP contribution in [0.5, 0.6) is 0 Å². The summed E-state index contributed by atoms with van der Waals surface area (Å²) in [6.07, 6.45) is 4.58. The summed E-state index contributed by atoms with van der Waals surface area (Å²) in [4.78, 5) is 4.39. The fourth-order valence-electron chi connectivity index (χ4n) is 2.73. The van der Waals surface area contributed by atoms with Gasteiger partial charge in [-0.05, 0) is 25.8 Å². The highest BCUT2D eigenvalue weighted by Crippen LogP contribution is 2.40. The Morgan fingerprint density at radius 2 is 2.04 bits per heavy atom. The summed E-state index contributed by atoms with van der Waals surface area (Å²) in [6, 6.07) is 2.29. The van der Waals surface area contributed by atoms with Crippen LogP contribution >= 0.6 is 0 Å². The average molecular weight is 397 g/mol. The third kappa shape index (κ3) is 4.11. The van der Waals surface area contributed by atoms with Gasteiger partial charge in [0.1, 0.15) is 5.82 Å². The van der Waals surface area contributed by atoms with Gasteiger partial charge in [0, 0.05) is 35.6 Å². The first kappa shape index (κ1) is 19.3. The molecule has 0 bridgehead atoms. The molecule has 1 aliphatic carbocycles. The van der Waals surface area contributed by atoms with Crippen LogP contribution < -0.4 is 16.2 Å². The molecule has 5 N–H and O–H groups in total. The lowest BCUT2D eigenvalue weighted by Crippen LogP contribution is -2.29. The Hall–Kier alpha value is -2.46. The lowest BCUT2D eigenvalue weighted by atomic mass is 10.2. The smallest absolute Gasteiger partial charge is 0.211 e. The number of benzene rings is 1. The van der Waals surface area contributed by atoms with Gasteiger partial charge in [-0.1, -0.05) is 0 Å². The molecule has 3 rings (SSSR count). The summed E-state index contributed by atoms with van der Waals surface area (Å²) >= 11 is 0. The molecular weight excluding hydrogens is 376 g/mol. The van der Waals surface area contributed by atoms with E-state index in [1.54, 1.807) is 0 Å². The van der Waals surface area contributed by atoms with Gasteiger partial charge in [-0.15, -0.1) is 0 Å². The van der Waals surface area contributed by atoms with E-state index in [1.165, 1.54) is 19.2 Å². The number of nitrogens with two attached hydrogens (primary N) is 2. The van der Waals surface area contributed by atoms with Crippen LogP contribution in [-0.2, 0) is 10.0 Å². The molecule has 7 nitrogen and oxygen atoms in total. The zero-order valence-corrected chi connectivity index (χ0v) is 15.6. The minimum Gasteiger partial charge on any atom is -0.404 e. The number of hydrogen-bond donors (Lipinski definition) is 3. The van der Waals surface area contributed by atoms with Crippen LogP contribution in [0.2, 0.25) is 0 Å². The second kappa shape index (κ2) is 7.28. The van der Waals surface area contributed by atoms with Crippen molar-refractivity contribution in [3.63, 3.8) is 0 Å². The van der Waals surface area contributed by atoms with Crippen molar-refractivity contribution in [3.05, 3.63) is 47.6 Å². The van der Waals surface area contributed by atoms with Gasteiger partial charge in [0.15, 0.2) is 11.6 Å². The van der Waals surface area contributed by atoms with Crippen molar-refractivity contribution in [2.75, 3.05) is 12.3 Å². The van der Waals surface area contributed by atoms with Crippen LogP contribution in [0.4, 0.5) is 8.78 Å². The first-order valence-corrected chi connectivity index (χ1v) is 10.1. The standard InChI is InChI=1S/C17H21F2N5O2S/c1-2-27(25,26)22-9-11(21)5-10(8-20)17-23-15-6-13(18)14(19)7-16(15)24(17)12-3-4-12/h5-8,12,22H,2-4,9,20-21H2,1H3/b10-8+,11-5-. The maximum Gasteiger partial charge on any atom is 0.211 e. The normalized spacial score (nSPS) is 16.3. The number of aromatic nitrogens is 2. The Morgan fingerprint density at radius 3 is 2.63 bits per heavy atom. The highest BCUT2D eigenvalue weighted by atomic mass is 32.2. The van der Waals surface area contributed by atoms with Crippen LogP contribution in [0.15, 0.2) is 30.1 Å². The van der Waals surface area contributed by atoms with Gasteiger partial charge < -0.3 is 16.0 Å². The van der Waals surface area contributed by atoms with E-state index in [0.717, 1.165) is 25.0 Å². The van der Waals surface area contributed by atoms with Crippen molar-refractivity contribution in [2.24, 2.45) is 11.5 Å². The van der Waals surface area contributed by atoms with Gasteiger partial charge in [0.05, 0.1) is 23.3 Å². The van der Waals surface area contributed by atoms with Crippen molar-refractivity contribution in [1.29, 1.82) is 0 Å². The maximum absolute atomic E-state index is 13.7. The fraction of sp³-hybridized carbons (Fsp3) is 0.353. The average Bonchev–Trinajstić information content (AvgIpc) is 3.40. The molecule has 1 saturated carbocycles. The minimum atomic E-state index is -3.39. The summed E-state index contributed by atoms with van der Waals surface area (Å²) < 4.78 is 54.6. The lowest BCUT2D eigenvalue weighted by Gasteiger charge is -2.10. The van der Waals surface area contributed by atoms with Crippen LogP contribution in [0, 0.1) is 11.6 Å². The largest absolute Gasteiger partial charge is 0.404 e.